The topological polar surface area (TPSA) is 79.5 Å². The highest BCUT2D eigenvalue weighted by atomic mass is 16.5. The van der Waals surface area contributed by atoms with Crippen LogP contribution in [0, 0.1) is 12.8 Å². The Kier molecular flexibility index (Phi) is 2.68. The molecule has 1 aromatic heterocycles. The molecule has 2 rings (SSSR count). The van der Waals surface area contributed by atoms with Gasteiger partial charge in [-0.15, -0.1) is 0 Å². The molecule has 2 heterocycles. The molecule has 0 aliphatic carbocycles. The minimum absolute atomic E-state index is 0.249. The summed E-state index contributed by atoms with van der Waals surface area (Å²) in [6, 6.07) is 0. The van der Waals surface area contributed by atoms with Gasteiger partial charge in [0, 0.05) is 13.1 Å². The Morgan fingerprint density at radius 2 is 2.40 bits per heavy atom. The standard InChI is InChI=1S/C9H13N3O3/c1-6-10-8(15-11-6)5-12-3-7(4-12)2-9(13)14/h7H,2-5H2,1H3,(H,13,14). The lowest BCUT2D eigenvalue weighted by molar-refractivity contribution is -0.139. The van der Waals surface area contributed by atoms with Crippen LogP contribution in [0.1, 0.15) is 18.1 Å². The van der Waals surface area contributed by atoms with Crippen LogP contribution in [-0.2, 0) is 11.3 Å². The Morgan fingerprint density at radius 1 is 1.67 bits per heavy atom. The summed E-state index contributed by atoms with van der Waals surface area (Å²) in [6.07, 6.45) is 0.249. The van der Waals surface area contributed by atoms with Crippen molar-refractivity contribution in [3.63, 3.8) is 0 Å². The third-order valence-corrected chi connectivity index (χ3v) is 2.42. The van der Waals surface area contributed by atoms with Crippen LogP contribution in [0.3, 0.4) is 0 Å². The zero-order chi connectivity index (χ0) is 10.8. The van der Waals surface area contributed by atoms with Gasteiger partial charge in [-0.25, -0.2) is 0 Å². The molecule has 0 atom stereocenters. The van der Waals surface area contributed by atoms with Crippen molar-refractivity contribution in [3.05, 3.63) is 11.7 Å². The van der Waals surface area contributed by atoms with E-state index in [1.165, 1.54) is 0 Å². The van der Waals surface area contributed by atoms with Crippen LogP contribution in [0.25, 0.3) is 0 Å². The van der Waals surface area contributed by atoms with E-state index in [1.54, 1.807) is 6.92 Å². The second-order valence-electron chi connectivity index (χ2n) is 3.89. The highest BCUT2D eigenvalue weighted by Gasteiger charge is 2.29. The van der Waals surface area contributed by atoms with Crippen LogP contribution in [0.5, 0.6) is 0 Å². The van der Waals surface area contributed by atoms with E-state index in [9.17, 15) is 4.79 Å². The van der Waals surface area contributed by atoms with E-state index in [-0.39, 0.29) is 12.3 Å². The zero-order valence-corrected chi connectivity index (χ0v) is 8.51. The quantitative estimate of drug-likeness (QED) is 0.770. The maximum Gasteiger partial charge on any atom is 0.303 e. The molecule has 1 saturated heterocycles. The smallest absolute Gasteiger partial charge is 0.303 e. The Balaban J connectivity index is 1.74. The summed E-state index contributed by atoms with van der Waals surface area (Å²) in [6.45, 7) is 3.99. The largest absolute Gasteiger partial charge is 0.481 e. The average Bonchev–Trinajstić information content (AvgIpc) is 2.47. The molecule has 6 heteroatoms. The van der Waals surface area contributed by atoms with Gasteiger partial charge in [-0.2, -0.15) is 4.98 Å². The van der Waals surface area contributed by atoms with Crippen molar-refractivity contribution in [2.45, 2.75) is 19.9 Å². The lowest BCUT2D eigenvalue weighted by Crippen LogP contribution is -2.46. The van der Waals surface area contributed by atoms with Gasteiger partial charge >= 0.3 is 5.97 Å². The van der Waals surface area contributed by atoms with Gasteiger partial charge in [-0.1, -0.05) is 5.16 Å². The minimum Gasteiger partial charge on any atom is -0.481 e. The zero-order valence-electron chi connectivity index (χ0n) is 8.51. The van der Waals surface area contributed by atoms with Crippen molar-refractivity contribution >= 4 is 5.97 Å². The lowest BCUT2D eigenvalue weighted by Gasteiger charge is -2.37. The van der Waals surface area contributed by atoms with E-state index in [0.717, 1.165) is 13.1 Å². The number of aryl methyl sites for hydroxylation is 1. The number of likely N-dealkylation sites (tertiary alicyclic amines) is 1. The van der Waals surface area contributed by atoms with Crippen LogP contribution < -0.4 is 0 Å². The summed E-state index contributed by atoms with van der Waals surface area (Å²) in [5, 5.41) is 12.3. The molecule has 1 fully saturated rings. The number of nitrogens with zero attached hydrogens (tertiary/aromatic N) is 3. The average molecular weight is 211 g/mol. The van der Waals surface area contributed by atoms with E-state index < -0.39 is 5.97 Å². The lowest BCUT2D eigenvalue weighted by atomic mass is 9.97. The molecule has 15 heavy (non-hydrogen) atoms. The van der Waals surface area contributed by atoms with Gasteiger partial charge in [0.05, 0.1) is 13.0 Å². The molecule has 0 spiro atoms. The fourth-order valence-electron chi connectivity index (χ4n) is 1.78. The normalized spacial score (nSPS) is 17.7. The first-order chi connectivity index (χ1) is 7.13. The number of hydrogen-bond acceptors (Lipinski definition) is 5. The molecule has 1 aliphatic heterocycles. The Labute approximate surface area is 86.9 Å². The van der Waals surface area contributed by atoms with E-state index in [4.69, 9.17) is 9.63 Å². The van der Waals surface area contributed by atoms with Gasteiger partial charge in [0.1, 0.15) is 0 Å². The Morgan fingerprint density at radius 3 is 2.93 bits per heavy atom. The van der Waals surface area contributed by atoms with Gasteiger partial charge in [-0.3, -0.25) is 9.69 Å². The maximum absolute atomic E-state index is 10.4. The first-order valence-corrected chi connectivity index (χ1v) is 4.87. The summed E-state index contributed by atoms with van der Waals surface area (Å²) < 4.78 is 4.97. The van der Waals surface area contributed by atoms with Crippen molar-refractivity contribution in [2.75, 3.05) is 13.1 Å². The Bertz CT molecular complexity index is 357. The summed E-state index contributed by atoms with van der Waals surface area (Å²) >= 11 is 0. The van der Waals surface area contributed by atoms with Crippen molar-refractivity contribution < 1.29 is 14.4 Å². The van der Waals surface area contributed by atoms with Crippen molar-refractivity contribution in [1.29, 1.82) is 0 Å². The molecular weight excluding hydrogens is 198 g/mol. The third-order valence-electron chi connectivity index (χ3n) is 2.42. The molecule has 1 aromatic rings. The van der Waals surface area contributed by atoms with E-state index in [2.05, 4.69) is 15.0 Å². The van der Waals surface area contributed by atoms with E-state index in [1.807, 2.05) is 0 Å². The number of hydrogen-bond donors (Lipinski definition) is 1. The van der Waals surface area contributed by atoms with Crippen molar-refractivity contribution in [2.24, 2.45) is 5.92 Å². The predicted octanol–water partition coefficient (Wildman–Crippen LogP) is 0.285. The molecule has 0 saturated carbocycles. The first-order valence-electron chi connectivity index (χ1n) is 4.87. The highest BCUT2D eigenvalue weighted by Crippen LogP contribution is 2.20. The van der Waals surface area contributed by atoms with E-state index in [0.29, 0.717) is 18.3 Å². The summed E-state index contributed by atoms with van der Waals surface area (Å²) in [7, 11) is 0. The second-order valence-corrected chi connectivity index (χ2v) is 3.89. The number of aliphatic carboxylic acids is 1. The van der Waals surface area contributed by atoms with Crippen LogP contribution in [0.2, 0.25) is 0 Å². The molecule has 0 radical (unpaired) electrons. The number of aromatic nitrogens is 2. The number of carboxylic acid groups (broad SMARTS) is 1. The van der Waals surface area contributed by atoms with Crippen LogP contribution >= 0.6 is 0 Å². The van der Waals surface area contributed by atoms with Crippen molar-refractivity contribution in [3.8, 4) is 0 Å². The summed E-state index contributed by atoms with van der Waals surface area (Å²) in [5.74, 6) is 0.772. The van der Waals surface area contributed by atoms with Gasteiger partial charge in [0.25, 0.3) is 0 Å². The summed E-state index contributed by atoms with van der Waals surface area (Å²) in [5.41, 5.74) is 0. The van der Waals surface area contributed by atoms with Crippen molar-refractivity contribution in [1.82, 2.24) is 15.0 Å². The summed E-state index contributed by atoms with van der Waals surface area (Å²) in [4.78, 5) is 16.6. The molecule has 0 amide bonds. The second kappa shape index (κ2) is 3.98. The molecule has 0 bridgehead atoms. The number of carbonyl (C=O) groups is 1. The van der Waals surface area contributed by atoms with Gasteiger partial charge in [0.2, 0.25) is 5.89 Å². The number of rotatable bonds is 4. The van der Waals surface area contributed by atoms with Gasteiger partial charge < -0.3 is 9.63 Å². The third kappa shape index (κ3) is 2.53. The predicted molar refractivity (Wildman–Crippen MR) is 50.1 cm³/mol. The molecule has 0 aromatic carbocycles. The monoisotopic (exact) mass is 211 g/mol. The Hall–Kier alpha value is -1.43. The highest BCUT2D eigenvalue weighted by molar-refractivity contribution is 5.67. The van der Waals surface area contributed by atoms with Crippen LogP contribution in [0.4, 0.5) is 0 Å². The fraction of sp³-hybridized carbons (Fsp3) is 0.667. The number of carboxylic acids is 1. The molecule has 6 nitrogen and oxygen atoms in total. The first kappa shape index (κ1) is 10.1. The molecule has 82 valence electrons. The molecular formula is C9H13N3O3. The molecule has 1 N–H and O–H groups in total. The fourth-order valence-corrected chi connectivity index (χ4v) is 1.78. The molecule has 1 aliphatic rings. The maximum atomic E-state index is 10.4. The van der Waals surface area contributed by atoms with Gasteiger partial charge in [-0.05, 0) is 12.8 Å². The minimum atomic E-state index is -0.728. The van der Waals surface area contributed by atoms with Crippen LogP contribution in [0.15, 0.2) is 4.52 Å². The SMILES string of the molecule is Cc1noc(CN2CC(CC(=O)O)C2)n1. The van der Waals surface area contributed by atoms with Crippen LogP contribution in [-0.4, -0.2) is 39.2 Å². The van der Waals surface area contributed by atoms with Gasteiger partial charge in [0.15, 0.2) is 5.82 Å². The van der Waals surface area contributed by atoms with E-state index >= 15 is 0 Å². The molecule has 0 unspecified atom stereocenters.